The predicted molar refractivity (Wildman–Crippen MR) is 107 cm³/mol. The first-order valence-corrected chi connectivity index (χ1v) is 11.0. The summed E-state index contributed by atoms with van der Waals surface area (Å²) in [5.41, 5.74) is 1.18. The zero-order chi connectivity index (χ0) is 19.3. The molecule has 1 atom stereocenters. The molecule has 3 rings (SSSR count). The van der Waals surface area contributed by atoms with Gasteiger partial charge < -0.3 is 15.0 Å². The molecule has 2 aromatic rings. The minimum absolute atomic E-state index is 0.0490. The molecule has 1 aromatic carbocycles. The maximum absolute atomic E-state index is 11.8. The van der Waals surface area contributed by atoms with Crippen LogP contribution in [0.5, 0.6) is 5.75 Å². The van der Waals surface area contributed by atoms with Crippen molar-refractivity contribution in [3.63, 3.8) is 0 Å². The smallest absolute Gasteiger partial charge is 0.227 e. The lowest BCUT2D eigenvalue weighted by atomic mass is 10.1. The molecule has 7 nitrogen and oxygen atoms in total. The number of sulfone groups is 1. The summed E-state index contributed by atoms with van der Waals surface area (Å²) in [5.74, 6) is 2.58. The quantitative estimate of drug-likeness (QED) is 0.739. The second-order valence-corrected chi connectivity index (χ2v) is 8.84. The molecular formula is C19H26N4O3S. The highest BCUT2D eigenvalue weighted by molar-refractivity contribution is 7.91. The molecule has 1 aliphatic rings. The second-order valence-electron chi connectivity index (χ2n) is 6.61. The zero-order valence-corrected chi connectivity index (χ0v) is 16.6. The number of anilines is 2. The van der Waals surface area contributed by atoms with Crippen molar-refractivity contribution in [3.8, 4) is 5.75 Å². The molecule has 146 valence electrons. The Hall–Kier alpha value is -2.35. The molecule has 1 saturated heterocycles. The summed E-state index contributed by atoms with van der Waals surface area (Å²) >= 11 is 0. The molecule has 0 spiro atoms. The van der Waals surface area contributed by atoms with Gasteiger partial charge in [-0.1, -0.05) is 12.1 Å². The molecule has 1 unspecified atom stereocenters. The summed E-state index contributed by atoms with van der Waals surface area (Å²) in [7, 11) is -1.28. The molecule has 1 fully saturated rings. The minimum Gasteiger partial charge on any atom is -0.497 e. The third kappa shape index (κ3) is 5.09. The van der Waals surface area contributed by atoms with E-state index < -0.39 is 9.84 Å². The van der Waals surface area contributed by atoms with Gasteiger partial charge in [0.15, 0.2) is 9.84 Å². The van der Waals surface area contributed by atoms with Crippen LogP contribution in [0.25, 0.3) is 0 Å². The lowest BCUT2D eigenvalue weighted by Crippen LogP contribution is -2.37. The molecule has 8 heteroatoms. The first-order chi connectivity index (χ1) is 13.0. The standard InChI is InChI=1S/C19H26N4O3S/c1-3-23(16-9-12-27(24,25)14-16)19-21-11-8-18(22-19)20-10-7-15-5-4-6-17(13-15)26-2/h4-6,8,11,13,16H,3,7,9-10,12,14H2,1-2H3,(H,20,21,22). The van der Waals surface area contributed by atoms with Crippen molar-refractivity contribution in [2.45, 2.75) is 25.8 Å². The van der Waals surface area contributed by atoms with Crippen LogP contribution in [0.3, 0.4) is 0 Å². The molecule has 1 aromatic heterocycles. The molecule has 2 heterocycles. The van der Waals surface area contributed by atoms with Crippen LogP contribution >= 0.6 is 0 Å². The van der Waals surface area contributed by atoms with Crippen molar-refractivity contribution in [2.24, 2.45) is 0 Å². The number of aromatic nitrogens is 2. The van der Waals surface area contributed by atoms with E-state index in [9.17, 15) is 8.42 Å². The fourth-order valence-corrected chi connectivity index (χ4v) is 5.06. The van der Waals surface area contributed by atoms with Gasteiger partial charge in [0.1, 0.15) is 11.6 Å². The average Bonchev–Trinajstić information content (AvgIpc) is 3.02. The first kappa shape index (κ1) is 19.4. The largest absolute Gasteiger partial charge is 0.497 e. The molecule has 0 amide bonds. The molecular weight excluding hydrogens is 364 g/mol. The zero-order valence-electron chi connectivity index (χ0n) is 15.8. The van der Waals surface area contributed by atoms with Gasteiger partial charge in [0.2, 0.25) is 5.95 Å². The average molecular weight is 391 g/mol. The van der Waals surface area contributed by atoms with Crippen LogP contribution in [0, 0.1) is 0 Å². The van der Waals surface area contributed by atoms with Gasteiger partial charge in [0, 0.05) is 25.3 Å². The second kappa shape index (κ2) is 8.56. The van der Waals surface area contributed by atoms with E-state index in [1.54, 1.807) is 13.3 Å². The topological polar surface area (TPSA) is 84.4 Å². The van der Waals surface area contributed by atoms with Crippen LogP contribution < -0.4 is 15.0 Å². The Morgan fingerprint density at radius 2 is 2.19 bits per heavy atom. The van der Waals surface area contributed by atoms with Gasteiger partial charge in [-0.3, -0.25) is 0 Å². The molecule has 0 saturated carbocycles. The number of rotatable bonds is 8. The summed E-state index contributed by atoms with van der Waals surface area (Å²) < 4.78 is 28.8. The number of hydrogen-bond donors (Lipinski definition) is 1. The van der Waals surface area contributed by atoms with Crippen molar-refractivity contribution >= 4 is 21.6 Å². The number of nitrogens with zero attached hydrogens (tertiary/aromatic N) is 3. The third-order valence-electron chi connectivity index (χ3n) is 4.74. The SMILES string of the molecule is CCN(c1nccc(NCCc2cccc(OC)c2)n1)C1CCS(=O)(=O)C1. The van der Waals surface area contributed by atoms with Gasteiger partial charge >= 0.3 is 0 Å². The Bertz CT molecular complexity index is 873. The van der Waals surface area contributed by atoms with Gasteiger partial charge in [0.05, 0.1) is 18.6 Å². The summed E-state index contributed by atoms with van der Waals surface area (Å²) in [6.07, 6.45) is 3.18. The van der Waals surface area contributed by atoms with Crippen molar-refractivity contribution in [3.05, 3.63) is 42.1 Å². The van der Waals surface area contributed by atoms with Crippen molar-refractivity contribution in [1.29, 1.82) is 0 Å². The molecule has 0 bridgehead atoms. The summed E-state index contributed by atoms with van der Waals surface area (Å²) in [4.78, 5) is 10.9. The molecule has 0 radical (unpaired) electrons. The highest BCUT2D eigenvalue weighted by Gasteiger charge is 2.32. The lowest BCUT2D eigenvalue weighted by molar-refractivity contribution is 0.414. The normalized spacial score (nSPS) is 18.2. The van der Waals surface area contributed by atoms with E-state index in [1.165, 1.54) is 5.56 Å². The van der Waals surface area contributed by atoms with Crippen molar-refractivity contribution < 1.29 is 13.2 Å². The van der Waals surface area contributed by atoms with Crippen LogP contribution in [0.2, 0.25) is 0 Å². The van der Waals surface area contributed by atoms with Crippen LogP contribution in [-0.4, -0.2) is 56.1 Å². The van der Waals surface area contributed by atoms with Crippen LogP contribution in [-0.2, 0) is 16.3 Å². The van der Waals surface area contributed by atoms with Gasteiger partial charge in [-0.25, -0.2) is 13.4 Å². The fraction of sp³-hybridized carbons (Fsp3) is 0.474. The van der Waals surface area contributed by atoms with Crippen LogP contribution in [0.1, 0.15) is 18.9 Å². The van der Waals surface area contributed by atoms with E-state index in [2.05, 4.69) is 21.4 Å². The fourth-order valence-electron chi connectivity index (χ4n) is 3.33. The Morgan fingerprint density at radius 3 is 2.89 bits per heavy atom. The summed E-state index contributed by atoms with van der Waals surface area (Å²) in [6, 6.07) is 9.77. The molecule has 1 N–H and O–H groups in total. The van der Waals surface area contributed by atoms with Crippen molar-refractivity contribution in [2.75, 3.05) is 41.9 Å². The number of methoxy groups -OCH3 is 1. The Morgan fingerprint density at radius 1 is 1.33 bits per heavy atom. The summed E-state index contributed by atoms with van der Waals surface area (Å²) in [5, 5.41) is 3.32. The number of benzene rings is 1. The Kier molecular flexibility index (Phi) is 6.15. The number of ether oxygens (including phenoxy) is 1. The van der Waals surface area contributed by atoms with Gasteiger partial charge in [0.25, 0.3) is 0 Å². The highest BCUT2D eigenvalue weighted by Crippen LogP contribution is 2.22. The van der Waals surface area contributed by atoms with E-state index in [0.29, 0.717) is 18.9 Å². The predicted octanol–water partition coefficient (Wildman–Crippen LogP) is 2.15. The Labute approximate surface area is 160 Å². The lowest BCUT2D eigenvalue weighted by Gasteiger charge is -2.26. The summed E-state index contributed by atoms with van der Waals surface area (Å²) in [6.45, 7) is 3.40. The number of nitrogens with one attached hydrogen (secondary N) is 1. The van der Waals surface area contributed by atoms with Crippen LogP contribution in [0.4, 0.5) is 11.8 Å². The van der Waals surface area contributed by atoms with Gasteiger partial charge in [-0.15, -0.1) is 0 Å². The van der Waals surface area contributed by atoms with E-state index in [4.69, 9.17) is 4.74 Å². The van der Waals surface area contributed by atoms with Crippen LogP contribution in [0.15, 0.2) is 36.5 Å². The maximum Gasteiger partial charge on any atom is 0.227 e. The van der Waals surface area contributed by atoms with Gasteiger partial charge in [-0.2, -0.15) is 4.98 Å². The minimum atomic E-state index is -2.94. The first-order valence-electron chi connectivity index (χ1n) is 9.17. The number of hydrogen-bond acceptors (Lipinski definition) is 7. The third-order valence-corrected chi connectivity index (χ3v) is 6.49. The van der Waals surface area contributed by atoms with Crippen molar-refractivity contribution in [1.82, 2.24) is 9.97 Å². The maximum atomic E-state index is 11.8. The van der Waals surface area contributed by atoms with E-state index >= 15 is 0 Å². The van der Waals surface area contributed by atoms with E-state index in [0.717, 1.165) is 24.5 Å². The van der Waals surface area contributed by atoms with Gasteiger partial charge in [-0.05, 0) is 43.5 Å². The molecule has 0 aliphatic carbocycles. The highest BCUT2D eigenvalue weighted by atomic mass is 32.2. The molecule has 1 aliphatic heterocycles. The molecule has 27 heavy (non-hydrogen) atoms. The Balaban J connectivity index is 1.62. The monoisotopic (exact) mass is 390 g/mol. The van der Waals surface area contributed by atoms with E-state index in [-0.39, 0.29) is 17.5 Å². The van der Waals surface area contributed by atoms with E-state index in [1.807, 2.05) is 36.1 Å².